The van der Waals surface area contributed by atoms with Crippen LogP contribution in [0.15, 0.2) is 65.1 Å². The third-order valence-electron chi connectivity index (χ3n) is 6.46. The van der Waals surface area contributed by atoms with Gasteiger partial charge in [0.25, 0.3) is 5.91 Å². The number of nitrogens with one attached hydrogen (secondary N) is 1. The molecule has 2 aromatic carbocycles. The molecule has 1 aliphatic rings. The maximum atomic E-state index is 13.8. The Hall–Kier alpha value is -4.54. The van der Waals surface area contributed by atoms with Crippen molar-refractivity contribution in [2.75, 3.05) is 4.90 Å². The largest absolute Gasteiger partial charge is 0.508 e. The number of hydrogen-bond donors (Lipinski definition) is 2. The second-order valence-corrected chi connectivity index (χ2v) is 9.28. The number of amides is 2. The van der Waals surface area contributed by atoms with Crippen molar-refractivity contribution in [1.29, 1.82) is 0 Å². The molecule has 2 N–H and O–H groups in total. The van der Waals surface area contributed by atoms with E-state index in [0.717, 1.165) is 30.5 Å². The molecule has 38 heavy (non-hydrogen) atoms. The van der Waals surface area contributed by atoms with Crippen LogP contribution in [-0.4, -0.2) is 43.2 Å². The zero-order valence-electron chi connectivity index (χ0n) is 20.7. The van der Waals surface area contributed by atoms with Gasteiger partial charge in [-0.1, -0.05) is 31.0 Å². The molecule has 1 aliphatic carbocycles. The third kappa shape index (κ3) is 5.56. The average molecular weight is 519 g/mol. The van der Waals surface area contributed by atoms with Gasteiger partial charge in [0.15, 0.2) is 5.76 Å². The maximum Gasteiger partial charge on any atom is 0.251 e. The molecule has 0 spiro atoms. The Morgan fingerprint density at radius 1 is 1.16 bits per heavy atom. The Kier molecular flexibility index (Phi) is 7.16. The molecular weight excluding hydrogens is 491 g/mol. The summed E-state index contributed by atoms with van der Waals surface area (Å²) in [6.07, 6.45) is 3.72. The minimum Gasteiger partial charge on any atom is -0.508 e. The van der Waals surface area contributed by atoms with Gasteiger partial charge >= 0.3 is 0 Å². The van der Waals surface area contributed by atoms with Gasteiger partial charge in [-0.05, 0) is 66.9 Å². The Morgan fingerprint density at radius 3 is 2.61 bits per heavy atom. The van der Waals surface area contributed by atoms with Crippen LogP contribution in [0, 0.1) is 12.7 Å². The van der Waals surface area contributed by atoms with Crippen LogP contribution < -0.4 is 10.2 Å². The average Bonchev–Trinajstić information content (AvgIpc) is 3.66. The van der Waals surface area contributed by atoms with Crippen molar-refractivity contribution in [1.82, 2.24) is 25.5 Å². The number of carbonyl (C=O) groups is 2. The second kappa shape index (κ2) is 10.8. The summed E-state index contributed by atoms with van der Waals surface area (Å²) >= 11 is 0. The van der Waals surface area contributed by atoms with Gasteiger partial charge in [-0.15, -0.1) is 10.2 Å². The van der Waals surface area contributed by atoms with E-state index in [2.05, 4.69) is 20.7 Å². The predicted octanol–water partition coefficient (Wildman–Crippen LogP) is 3.92. The predicted molar refractivity (Wildman–Crippen MR) is 135 cm³/mol. The molecule has 1 saturated carbocycles. The lowest BCUT2D eigenvalue weighted by atomic mass is 10.0. The molecule has 2 heterocycles. The molecule has 0 unspecified atom stereocenters. The van der Waals surface area contributed by atoms with Crippen molar-refractivity contribution >= 4 is 17.5 Å². The zero-order chi connectivity index (χ0) is 26.6. The van der Waals surface area contributed by atoms with Crippen LogP contribution in [0.3, 0.4) is 0 Å². The van der Waals surface area contributed by atoms with E-state index in [1.54, 1.807) is 31.2 Å². The van der Waals surface area contributed by atoms with Crippen LogP contribution in [0.5, 0.6) is 5.75 Å². The Balaban J connectivity index is 1.51. The summed E-state index contributed by atoms with van der Waals surface area (Å²) in [5.41, 5.74) is 0.699. The fourth-order valence-corrected chi connectivity index (χ4v) is 4.65. The third-order valence-corrected chi connectivity index (χ3v) is 6.46. The van der Waals surface area contributed by atoms with Gasteiger partial charge in [0, 0.05) is 17.8 Å². The van der Waals surface area contributed by atoms with E-state index in [9.17, 15) is 19.1 Å². The quantitative estimate of drug-likeness (QED) is 0.362. The number of hydrogen-bond acceptors (Lipinski definition) is 7. The standard InChI is InChI=1S/C27H27FN6O4/c1-17-9-14-23(38-17)26-30-32-33(31-26)16-24(36)34(21-7-4-8-22(35)15-21)25(18-10-12-19(28)13-11-18)27(37)29-20-5-2-3-6-20/h4,7-15,20,25,35H,2-3,5-6,16H2,1H3,(H,29,37)/t25-/m1/s1. The highest BCUT2D eigenvalue weighted by Gasteiger charge is 2.35. The lowest BCUT2D eigenvalue weighted by molar-refractivity contribution is -0.127. The highest BCUT2D eigenvalue weighted by atomic mass is 19.1. The first-order valence-corrected chi connectivity index (χ1v) is 12.4. The smallest absolute Gasteiger partial charge is 0.251 e. The summed E-state index contributed by atoms with van der Waals surface area (Å²) in [5, 5.41) is 25.4. The van der Waals surface area contributed by atoms with Gasteiger partial charge in [0.2, 0.25) is 11.7 Å². The van der Waals surface area contributed by atoms with E-state index in [1.165, 1.54) is 41.3 Å². The molecule has 11 heteroatoms. The molecule has 1 fully saturated rings. The SMILES string of the molecule is Cc1ccc(-c2nnn(CC(=O)N(c3cccc(O)c3)[C@@H](C(=O)NC3CCCC3)c3ccc(F)cc3)n2)o1. The van der Waals surface area contributed by atoms with E-state index in [4.69, 9.17) is 4.42 Å². The molecule has 5 rings (SSSR count). The molecule has 1 atom stereocenters. The summed E-state index contributed by atoms with van der Waals surface area (Å²) in [7, 11) is 0. The summed E-state index contributed by atoms with van der Waals surface area (Å²) in [6.45, 7) is 1.44. The van der Waals surface area contributed by atoms with E-state index >= 15 is 0 Å². The van der Waals surface area contributed by atoms with Gasteiger partial charge in [-0.3, -0.25) is 14.5 Å². The minimum absolute atomic E-state index is 0.0112. The monoisotopic (exact) mass is 518 g/mol. The Bertz CT molecular complexity index is 1430. The number of nitrogens with zero attached hydrogens (tertiary/aromatic N) is 5. The fraction of sp³-hybridized carbons (Fsp3) is 0.296. The van der Waals surface area contributed by atoms with Crippen LogP contribution >= 0.6 is 0 Å². The van der Waals surface area contributed by atoms with E-state index in [-0.39, 0.29) is 29.8 Å². The number of aromatic hydroxyl groups is 1. The number of aryl methyl sites for hydroxylation is 1. The van der Waals surface area contributed by atoms with Gasteiger partial charge in [0.1, 0.15) is 29.9 Å². The number of carbonyl (C=O) groups excluding carboxylic acids is 2. The molecule has 2 amide bonds. The number of furan rings is 1. The molecule has 2 aromatic heterocycles. The van der Waals surface area contributed by atoms with Crippen LogP contribution in [-0.2, 0) is 16.1 Å². The van der Waals surface area contributed by atoms with E-state index in [0.29, 0.717) is 17.1 Å². The normalized spacial score (nSPS) is 14.4. The Labute approximate surface area is 218 Å². The molecule has 10 nitrogen and oxygen atoms in total. The summed E-state index contributed by atoms with van der Waals surface area (Å²) in [6, 6.07) is 13.8. The highest BCUT2D eigenvalue weighted by molar-refractivity contribution is 6.01. The summed E-state index contributed by atoms with van der Waals surface area (Å²) < 4.78 is 19.3. The molecule has 196 valence electrons. The highest BCUT2D eigenvalue weighted by Crippen LogP contribution is 2.31. The molecule has 0 aliphatic heterocycles. The second-order valence-electron chi connectivity index (χ2n) is 9.28. The van der Waals surface area contributed by atoms with Crippen molar-refractivity contribution in [2.24, 2.45) is 0 Å². The van der Waals surface area contributed by atoms with E-state index in [1.807, 2.05) is 0 Å². The summed E-state index contributed by atoms with van der Waals surface area (Å²) in [5.74, 6) is -0.187. The van der Waals surface area contributed by atoms with Gasteiger partial charge in [0.05, 0.1) is 0 Å². The number of halogens is 1. The minimum atomic E-state index is -1.14. The Morgan fingerprint density at radius 2 is 1.92 bits per heavy atom. The fourth-order valence-electron chi connectivity index (χ4n) is 4.65. The first-order valence-electron chi connectivity index (χ1n) is 12.4. The number of benzene rings is 2. The van der Waals surface area contributed by atoms with Crippen molar-refractivity contribution in [2.45, 2.75) is 51.2 Å². The van der Waals surface area contributed by atoms with Gasteiger partial charge in [-0.25, -0.2) is 4.39 Å². The number of rotatable bonds is 8. The van der Waals surface area contributed by atoms with Crippen LogP contribution in [0.1, 0.15) is 43.0 Å². The van der Waals surface area contributed by atoms with Crippen molar-refractivity contribution in [3.05, 3.63) is 77.8 Å². The first kappa shape index (κ1) is 25.1. The molecule has 0 saturated heterocycles. The van der Waals surface area contributed by atoms with Crippen LogP contribution in [0.25, 0.3) is 11.6 Å². The van der Waals surface area contributed by atoms with Crippen molar-refractivity contribution in [3.8, 4) is 17.3 Å². The topological polar surface area (TPSA) is 126 Å². The summed E-state index contributed by atoms with van der Waals surface area (Å²) in [4.78, 5) is 29.9. The lowest BCUT2D eigenvalue weighted by Gasteiger charge is -2.32. The van der Waals surface area contributed by atoms with Crippen molar-refractivity contribution < 1.29 is 23.5 Å². The van der Waals surface area contributed by atoms with Gasteiger partial charge in [-0.2, -0.15) is 4.80 Å². The first-order chi connectivity index (χ1) is 18.4. The van der Waals surface area contributed by atoms with E-state index < -0.39 is 23.7 Å². The lowest BCUT2D eigenvalue weighted by Crippen LogP contribution is -2.47. The van der Waals surface area contributed by atoms with Crippen LogP contribution in [0.2, 0.25) is 0 Å². The number of anilines is 1. The maximum absolute atomic E-state index is 13.8. The number of tetrazole rings is 1. The number of phenols is 1. The van der Waals surface area contributed by atoms with Gasteiger partial charge < -0.3 is 14.8 Å². The molecule has 0 radical (unpaired) electrons. The zero-order valence-corrected chi connectivity index (χ0v) is 20.7. The number of aromatic nitrogens is 4. The molecule has 4 aromatic rings. The molecule has 0 bridgehead atoms. The van der Waals surface area contributed by atoms with Crippen molar-refractivity contribution in [3.63, 3.8) is 0 Å². The number of phenolic OH excluding ortho intramolecular Hbond substituents is 1. The molecular formula is C27H27FN6O4. The van der Waals surface area contributed by atoms with Crippen LogP contribution in [0.4, 0.5) is 10.1 Å².